The van der Waals surface area contributed by atoms with Gasteiger partial charge in [-0.2, -0.15) is 9.57 Å². The third-order valence-electron chi connectivity index (χ3n) is 4.85. The number of fused-ring (bicyclic) bond motifs is 1. The summed E-state index contributed by atoms with van der Waals surface area (Å²) in [6.07, 6.45) is 0. The van der Waals surface area contributed by atoms with Crippen molar-refractivity contribution in [2.45, 2.75) is 4.90 Å². The van der Waals surface area contributed by atoms with Crippen LogP contribution in [0.25, 0.3) is 10.9 Å². The lowest BCUT2D eigenvalue weighted by molar-refractivity contribution is -0.330. The van der Waals surface area contributed by atoms with Gasteiger partial charge >= 0.3 is 0 Å². The van der Waals surface area contributed by atoms with Crippen molar-refractivity contribution in [1.29, 1.82) is 5.26 Å². The molecule has 0 bridgehead atoms. The van der Waals surface area contributed by atoms with E-state index in [2.05, 4.69) is 16.0 Å². The van der Waals surface area contributed by atoms with Gasteiger partial charge in [0.05, 0.1) is 36.6 Å². The second kappa shape index (κ2) is 6.99. The molecule has 0 amide bonds. The van der Waals surface area contributed by atoms with E-state index in [-0.39, 0.29) is 10.5 Å². The molecule has 1 N–H and O–H groups in total. The molecule has 7 heteroatoms. The Bertz CT molecular complexity index is 1130. The fourth-order valence-electron chi connectivity index (χ4n) is 3.38. The first-order valence-electron chi connectivity index (χ1n) is 8.75. The van der Waals surface area contributed by atoms with E-state index >= 15 is 0 Å². The lowest BCUT2D eigenvalue weighted by atomic mass is 10.2. The van der Waals surface area contributed by atoms with Crippen LogP contribution in [0, 0.1) is 11.3 Å². The predicted molar refractivity (Wildman–Crippen MR) is 103 cm³/mol. The van der Waals surface area contributed by atoms with Gasteiger partial charge in [-0.1, -0.05) is 30.3 Å². The summed E-state index contributed by atoms with van der Waals surface area (Å²) >= 11 is 0. The topological polar surface area (TPSA) is 78.5 Å². The Balaban J connectivity index is 1.53. The van der Waals surface area contributed by atoms with Crippen molar-refractivity contribution < 1.29 is 13.4 Å². The Hall–Kier alpha value is -2.95. The van der Waals surface area contributed by atoms with Gasteiger partial charge in [0.15, 0.2) is 0 Å². The molecule has 0 spiro atoms. The van der Waals surface area contributed by atoms with Crippen LogP contribution >= 0.6 is 0 Å². The molecule has 1 fully saturated rings. The largest absolute Gasteiger partial charge is 0.274 e. The van der Waals surface area contributed by atoms with Gasteiger partial charge in [0.2, 0.25) is 10.0 Å². The molecule has 3 aromatic rings. The second-order valence-electron chi connectivity index (χ2n) is 6.43. The molecule has 0 atom stereocenters. The van der Waals surface area contributed by atoms with Crippen LogP contribution in [0.4, 0.5) is 5.82 Å². The minimum atomic E-state index is -3.67. The third-order valence-corrected chi connectivity index (χ3v) is 6.81. The van der Waals surface area contributed by atoms with Gasteiger partial charge in [0.1, 0.15) is 11.6 Å². The first-order chi connectivity index (χ1) is 13.1. The Kier molecular flexibility index (Phi) is 4.52. The zero-order valence-electron chi connectivity index (χ0n) is 14.7. The first-order valence-corrected chi connectivity index (χ1v) is 10.2. The van der Waals surface area contributed by atoms with E-state index < -0.39 is 10.0 Å². The lowest BCUT2D eigenvalue weighted by Crippen LogP contribution is -2.50. The molecule has 1 aliphatic heterocycles. The molecule has 136 valence electrons. The average molecular weight is 379 g/mol. The maximum Gasteiger partial charge on any atom is 0.274 e. The van der Waals surface area contributed by atoms with Crippen molar-refractivity contribution >= 4 is 26.7 Å². The molecular formula is C20H19N4O2S+. The van der Waals surface area contributed by atoms with Gasteiger partial charge < -0.3 is 0 Å². The summed E-state index contributed by atoms with van der Waals surface area (Å²) in [6.45, 7) is 1.93. The number of benzene rings is 2. The van der Waals surface area contributed by atoms with E-state index in [1.807, 2.05) is 36.4 Å². The van der Waals surface area contributed by atoms with Gasteiger partial charge in [-0.15, -0.1) is 0 Å². The van der Waals surface area contributed by atoms with Crippen LogP contribution in [-0.4, -0.2) is 38.9 Å². The molecule has 0 radical (unpaired) electrons. The van der Waals surface area contributed by atoms with Crippen LogP contribution in [0.2, 0.25) is 0 Å². The number of piperazine rings is 1. The number of pyridine rings is 1. The highest BCUT2D eigenvalue weighted by molar-refractivity contribution is 7.89. The van der Waals surface area contributed by atoms with E-state index in [1.54, 1.807) is 12.1 Å². The zero-order valence-corrected chi connectivity index (χ0v) is 15.5. The number of rotatable bonds is 3. The first kappa shape index (κ1) is 17.5. The van der Waals surface area contributed by atoms with Crippen molar-refractivity contribution in [3.63, 3.8) is 0 Å². The number of para-hydroxylation sites is 1. The molecule has 1 aliphatic rings. The number of nitriles is 1. The van der Waals surface area contributed by atoms with E-state index in [1.165, 1.54) is 16.4 Å². The fourth-order valence-corrected chi connectivity index (χ4v) is 4.95. The Labute approximate surface area is 158 Å². The molecule has 2 heterocycles. The van der Waals surface area contributed by atoms with E-state index in [9.17, 15) is 13.7 Å². The monoisotopic (exact) mass is 379 g/mol. The zero-order chi connectivity index (χ0) is 18.9. The van der Waals surface area contributed by atoms with Gasteiger partial charge in [0.25, 0.3) is 5.82 Å². The SMILES string of the molecule is N#Cc1ccccc1S(=O)(=O)N1CCN(c2ccc3ccccc3[nH+]2)CC1. The number of nitrogens with one attached hydrogen (secondary N) is 1. The van der Waals surface area contributed by atoms with Crippen LogP contribution in [0.15, 0.2) is 65.6 Å². The molecule has 2 aromatic carbocycles. The van der Waals surface area contributed by atoms with E-state index in [0.29, 0.717) is 26.2 Å². The molecule has 0 saturated carbocycles. The van der Waals surface area contributed by atoms with Gasteiger partial charge in [0, 0.05) is 11.5 Å². The quantitative estimate of drug-likeness (QED) is 0.698. The molecule has 4 rings (SSSR count). The summed E-state index contributed by atoms with van der Waals surface area (Å²) in [6, 6.07) is 20.5. The number of hydrogen-bond donors (Lipinski definition) is 0. The molecule has 1 aromatic heterocycles. The van der Waals surface area contributed by atoms with Crippen LogP contribution in [0.5, 0.6) is 0 Å². The summed E-state index contributed by atoms with van der Waals surface area (Å²) in [5, 5.41) is 10.3. The van der Waals surface area contributed by atoms with Gasteiger partial charge in [-0.3, -0.25) is 4.90 Å². The minimum Gasteiger partial charge on any atom is -0.259 e. The number of aromatic nitrogens is 1. The minimum absolute atomic E-state index is 0.0817. The number of H-pyrrole nitrogens is 1. The standard InChI is InChI=1S/C20H18N4O2S/c21-15-17-6-2-4-8-19(17)27(25,26)24-13-11-23(12-14-24)20-10-9-16-5-1-3-7-18(16)22-20/h1-10H,11-14H2/p+1. The summed E-state index contributed by atoms with van der Waals surface area (Å²) in [5.74, 6) is 0.975. The molecule has 6 nitrogen and oxygen atoms in total. The van der Waals surface area contributed by atoms with Gasteiger partial charge in [-0.25, -0.2) is 13.4 Å². The average Bonchev–Trinajstić information content (AvgIpc) is 2.73. The highest BCUT2D eigenvalue weighted by Gasteiger charge is 2.33. The number of sulfonamides is 1. The van der Waals surface area contributed by atoms with Crippen molar-refractivity contribution in [3.05, 3.63) is 66.2 Å². The smallest absolute Gasteiger partial charge is 0.259 e. The predicted octanol–water partition coefficient (Wildman–Crippen LogP) is 2.04. The summed E-state index contributed by atoms with van der Waals surface area (Å²) < 4.78 is 27.3. The van der Waals surface area contributed by atoms with Crippen molar-refractivity contribution in [2.75, 3.05) is 31.1 Å². The molecule has 0 aliphatic carbocycles. The summed E-state index contributed by atoms with van der Waals surface area (Å²) in [4.78, 5) is 5.64. The van der Waals surface area contributed by atoms with Crippen molar-refractivity contribution in [1.82, 2.24) is 4.31 Å². The Morgan fingerprint density at radius 3 is 2.37 bits per heavy atom. The fraction of sp³-hybridized carbons (Fsp3) is 0.200. The molecule has 0 unspecified atom stereocenters. The van der Waals surface area contributed by atoms with Crippen LogP contribution in [0.3, 0.4) is 0 Å². The van der Waals surface area contributed by atoms with E-state index in [0.717, 1.165) is 16.7 Å². The third kappa shape index (κ3) is 3.25. The lowest BCUT2D eigenvalue weighted by Gasteiger charge is -2.30. The van der Waals surface area contributed by atoms with Crippen LogP contribution in [-0.2, 0) is 10.0 Å². The van der Waals surface area contributed by atoms with Crippen LogP contribution < -0.4 is 9.88 Å². The van der Waals surface area contributed by atoms with Gasteiger partial charge in [-0.05, 0) is 24.3 Å². The number of nitrogens with zero attached hydrogens (tertiary/aromatic N) is 3. The van der Waals surface area contributed by atoms with Crippen molar-refractivity contribution in [3.8, 4) is 6.07 Å². The van der Waals surface area contributed by atoms with Crippen LogP contribution in [0.1, 0.15) is 5.56 Å². The summed E-state index contributed by atoms with van der Waals surface area (Å²) in [7, 11) is -3.67. The number of anilines is 1. The Morgan fingerprint density at radius 2 is 1.59 bits per heavy atom. The maximum absolute atomic E-state index is 12.9. The second-order valence-corrected chi connectivity index (χ2v) is 8.34. The maximum atomic E-state index is 12.9. The highest BCUT2D eigenvalue weighted by Crippen LogP contribution is 2.22. The van der Waals surface area contributed by atoms with Crippen molar-refractivity contribution in [2.24, 2.45) is 0 Å². The summed E-state index contributed by atoms with van der Waals surface area (Å²) in [5.41, 5.74) is 1.23. The van der Waals surface area contributed by atoms with E-state index in [4.69, 9.17) is 0 Å². The molecular weight excluding hydrogens is 360 g/mol. The number of hydrogen-bond acceptors (Lipinski definition) is 4. The number of aromatic amines is 1. The molecule has 1 saturated heterocycles. The molecule has 27 heavy (non-hydrogen) atoms. The highest BCUT2D eigenvalue weighted by atomic mass is 32.2. The Morgan fingerprint density at radius 1 is 0.889 bits per heavy atom. The normalized spacial score (nSPS) is 15.6.